The molecule has 2 aromatic carbocycles. The molecule has 7 heteroatoms. The van der Waals surface area contributed by atoms with Gasteiger partial charge in [0.15, 0.2) is 16.7 Å². The van der Waals surface area contributed by atoms with Gasteiger partial charge in [0.25, 0.3) is 5.56 Å². The van der Waals surface area contributed by atoms with Crippen molar-refractivity contribution in [3.63, 3.8) is 0 Å². The van der Waals surface area contributed by atoms with E-state index in [0.717, 1.165) is 34.6 Å². The van der Waals surface area contributed by atoms with E-state index in [2.05, 4.69) is 9.97 Å². The van der Waals surface area contributed by atoms with E-state index in [-0.39, 0.29) is 5.56 Å². The monoisotopic (exact) mass is 391 g/mol. The number of fused-ring (bicyclic) bond motifs is 1. The van der Waals surface area contributed by atoms with Gasteiger partial charge in [-0.2, -0.15) is 5.26 Å². The molecule has 0 amide bonds. The Morgan fingerprint density at radius 3 is 2.43 bits per heavy atom. The number of nitriles is 1. The van der Waals surface area contributed by atoms with E-state index in [1.165, 1.54) is 11.8 Å². The highest BCUT2D eigenvalue weighted by Crippen LogP contribution is 2.35. The third-order valence-corrected chi connectivity index (χ3v) is 5.02. The molecule has 6 nitrogen and oxygen atoms in total. The summed E-state index contributed by atoms with van der Waals surface area (Å²) in [6.07, 6.45) is 2.68. The van der Waals surface area contributed by atoms with Gasteiger partial charge in [0.05, 0.1) is 18.9 Å². The number of nitrogens with zero attached hydrogens (tertiary/aromatic N) is 2. The first-order valence-corrected chi connectivity index (χ1v) is 10.0. The van der Waals surface area contributed by atoms with Crippen LogP contribution in [-0.4, -0.2) is 29.4 Å². The Labute approximate surface area is 166 Å². The zero-order chi connectivity index (χ0) is 19.5. The Balaban J connectivity index is 1.71. The lowest BCUT2D eigenvalue weighted by molar-refractivity contribution is 0.297. The van der Waals surface area contributed by atoms with E-state index in [1.54, 1.807) is 0 Å². The number of ether oxygens (including phenoxy) is 2. The minimum Gasteiger partial charge on any atom is -0.490 e. The van der Waals surface area contributed by atoms with Crippen molar-refractivity contribution in [3.8, 4) is 40.0 Å². The number of benzene rings is 2. The molecule has 0 bridgehead atoms. The van der Waals surface area contributed by atoms with Crippen LogP contribution >= 0.6 is 11.8 Å². The summed E-state index contributed by atoms with van der Waals surface area (Å²) in [5, 5.41) is 9.83. The summed E-state index contributed by atoms with van der Waals surface area (Å²) in [5.41, 5.74) is 2.69. The normalized spacial score (nSPS) is 12.9. The number of hydrogen-bond donors (Lipinski definition) is 1. The van der Waals surface area contributed by atoms with E-state index in [0.29, 0.717) is 24.1 Å². The van der Waals surface area contributed by atoms with E-state index in [9.17, 15) is 10.1 Å². The molecule has 28 heavy (non-hydrogen) atoms. The molecule has 2 heterocycles. The standard InChI is InChI=1S/C21H17N3O3S/c1-28-21-23-19(16(12-22)20(25)24-21)14-5-3-13(4-6-14)15-7-8-17-18(11-15)27-10-2-9-26-17/h3-8,11H,2,9-10H2,1H3,(H,23,24,25). The smallest absolute Gasteiger partial charge is 0.270 e. The zero-order valence-corrected chi connectivity index (χ0v) is 16.0. The first-order chi connectivity index (χ1) is 13.7. The molecule has 1 N–H and O–H groups in total. The largest absolute Gasteiger partial charge is 0.490 e. The van der Waals surface area contributed by atoms with Crippen molar-refractivity contribution in [1.82, 2.24) is 9.97 Å². The topological polar surface area (TPSA) is 88.0 Å². The van der Waals surface area contributed by atoms with E-state index < -0.39 is 5.56 Å². The number of H-pyrrole nitrogens is 1. The van der Waals surface area contributed by atoms with Crippen molar-refractivity contribution >= 4 is 11.8 Å². The summed E-state index contributed by atoms with van der Waals surface area (Å²) in [6, 6.07) is 15.4. The minimum absolute atomic E-state index is 0.0149. The van der Waals surface area contributed by atoms with Crippen LogP contribution in [-0.2, 0) is 0 Å². The number of nitrogens with one attached hydrogen (secondary N) is 1. The van der Waals surface area contributed by atoms with Crippen LogP contribution in [0.1, 0.15) is 12.0 Å². The summed E-state index contributed by atoms with van der Waals surface area (Å²) >= 11 is 1.32. The summed E-state index contributed by atoms with van der Waals surface area (Å²) in [5.74, 6) is 1.50. The van der Waals surface area contributed by atoms with Gasteiger partial charge in [-0.15, -0.1) is 0 Å². The average molecular weight is 391 g/mol. The third kappa shape index (κ3) is 3.47. The minimum atomic E-state index is -0.427. The maximum atomic E-state index is 12.1. The Kier molecular flexibility index (Phi) is 5.04. The Morgan fingerprint density at radius 2 is 1.71 bits per heavy atom. The van der Waals surface area contributed by atoms with Crippen LogP contribution in [0.15, 0.2) is 52.4 Å². The number of thioether (sulfide) groups is 1. The molecule has 0 unspecified atom stereocenters. The zero-order valence-electron chi connectivity index (χ0n) is 15.2. The van der Waals surface area contributed by atoms with Crippen molar-refractivity contribution in [2.75, 3.05) is 19.5 Å². The molecule has 1 aliphatic heterocycles. The molecule has 4 rings (SSSR count). The molecule has 140 valence electrons. The summed E-state index contributed by atoms with van der Waals surface area (Å²) in [7, 11) is 0. The molecule has 0 aliphatic carbocycles. The van der Waals surface area contributed by atoms with Crippen molar-refractivity contribution in [3.05, 3.63) is 58.4 Å². The number of aromatic nitrogens is 2. The third-order valence-electron chi connectivity index (χ3n) is 4.44. The first-order valence-electron chi connectivity index (χ1n) is 8.78. The lowest BCUT2D eigenvalue weighted by Crippen LogP contribution is -2.14. The number of hydrogen-bond acceptors (Lipinski definition) is 6. The van der Waals surface area contributed by atoms with Gasteiger partial charge in [-0.25, -0.2) is 4.98 Å². The van der Waals surface area contributed by atoms with Crippen LogP contribution in [0.4, 0.5) is 0 Å². The Bertz CT molecular complexity index is 1120. The second-order valence-electron chi connectivity index (χ2n) is 6.20. The van der Waals surface area contributed by atoms with E-state index in [4.69, 9.17) is 9.47 Å². The molecule has 0 saturated heterocycles. The van der Waals surface area contributed by atoms with Gasteiger partial charge in [0.1, 0.15) is 11.6 Å². The molecule has 0 saturated carbocycles. The molecule has 1 aromatic heterocycles. The predicted octanol–water partition coefficient (Wildman–Crippen LogP) is 3.86. The first kappa shape index (κ1) is 18.1. The van der Waals surface area contributed by atoms with E-state index >= 15 is 0 Å². The van der Waals surface area contributed by atoms with Gasteiger partial charge in [0.2, 0.25) is 0 Å². The lowest BCUT2D eigenvalue weighted by atomic mass is 10.0. The van der Waals surface area contributed by atoms with E-state index in [1.807, 2.05) is 54.8 Å². The van der Waals surface area contributed by atoms with Crippen LogP contribution in [0.5, 0.6) is 11.5 Å². The second-order valence-corrected chi connectivity index (χ2v) is 6.99. The van der Waals surface area contributed by atoms with Crippen LogP contribution in [0.2, 0.25) is 0 Å². The number of rotatable bonds is 3. The van der Waals surface area contributed by atoms with Crippen LogP contribution in [0.25, 0.3) is 22.4 Å². The Morgan fingerprint density at radius 1 is 1.04 bits per heavy atom. The second kappa shape index (κ2) is 7.79. The maximum Gasteiger partial charge on any atom is 0.270 e. The molecule has 0 fully saturated rings. The summed E-state index contributed by atoms with van der Waals surface area (Å²) < 4.78 is 11.4. The fourth-order valence-electron chi connectivity index (χ4n) is 3.03. The molecule has 3 aromatic rings. The van der Waals surface area contributed by atoms with Crippen LogP contribution < -0.4 is 15.0 Å². The lowest BCUT2D eigenvalue weighted by Gasteiger charge is -2.10. The van der Waals surface area contributed by atoms with Gasteiger partial charge in [-0.3, -0.25) is 4.79 Å². The fourth-order valence-corrected chi connectivity index (χ4v) is 3.40. The molecule has 1 aliphatic rings. The summed E-state index contributed by atoms with van der Waals surface area (Å²) in [4.78, 5) is 19.1. The highest BCUT2D eigenvalue weighted by molar-refractivity contribution is 7.98. The highest BCUT2D eigenvalue weighted by Gasteiger charge is 2.14. The van der Waals surface area contributed by atoms with Crippen molar-refractivity contribution in [2.45, 2.75) is 11.6 Å². The SMILES string of the molecule is CSc1nc(-c2ccc(-c3ccc4c(c3)OCCCO4)cc2)c(C#N)c(=O)[nH]1. The van der Waals surface area contributed by atoms with Gasteiger partial charge in [-0.1, -0.05) is 42.1 Å². The molecular formula is C21H17N3O3S. The van der Waals surface area contributed by atoms with Crippen LogP contribution in [0.3, 0.4) is 0 Å². The van der Waals surface area contributed by atoms with Crippen molar-refractivity contribution < 1.29 is 9.47 Å². The average Bonchev–Trinajstić information content (AvgIpc) is 2.98. The molecule has 0 spiro atoms. The van der Waals surface area contributed by atoms with Crippen molar-refractivity contribution in [1.29, 1.82) is 5.26 Å². The molecule has 0 radical (unpaired) electrons. The quantitative estimate of drug-likeness (QED) is 0.539. The van der Waals surface area contributed by atoms with Gasteiger partial charge < -0.3 is 14.5 Å². The fraction of sp³-hybridized carbons (Fsp3) is 0.190. The maximum absolute atomic E-state index is 12.1. The van der Waals surface area contributed by atoms with Gasteiger partial charge >= 0.3 is 0 Å². The van der Waals surface area contributed by atoms with Crippen molar-refractivity contribution in [2.24, 2.45) is 0 Å². The molecule has 0 atom stereocenters. The summed E-state index contributed by atoms with van der Waals surface area (Å²) in [6.45, 7) is 1.29. The Hall–Kier alpha value is -3.24. The van der Waals surface area contributed by atoms with Gasteiger partial charge in [-0.05, 0) is 29.5 Å². The predicted molar refractivity (Wildman–Crippen MR) is 108 cm³/mol. The molecular weight excluding hydrogens is 374 g/mol. The van der Waals surface area contributed by atoms with Gasteiger partial charge in [0, 0.05) is 12.0 Å². The number of aromatic amines is 1. The highest BCUT2D eigenvalue weighted by atomic mass is 32.2. The van der Waals surface area contributed by atoms with Crippen LogP contribution in [0, 0.1) is 11.3 Å².